The van der Waals surface area contributed by atoms with Crippen molar-refractivity contribution in [3.05, 3.63) is 52.3 Å². The van der Waals surface area contributed by atoms with Crippen LogP contribution in [0.2, 0.25) is 0 Å². The van der Waals surface area contributed by atoms with Gasteiger partial charge in [0.15, 0.2) is 11.5 Å². The molecule has 0 saturated carbocycles. The molecular weight excluding hydrogens is 313 g/mol. The van der Waals surface area contributed by atoms with Gasteiger partial charge in [-0.05, 0) is 51.8 Å². The molecular formula is C14H13BrFNO2. The van der Waals surface area contributed by atoms with Gasteiger partial charge in [0.1, 0.15) is 5.82 Å². The molecule has 0 aliphatic carbocycles. The first-order valence-corrected chi connectivity index (χ1v) is 6.44. The van der Waals surface area contributed by atoms with Crippen LogP contribution >= 0.6 is 15.9 Å². The van der Waals surface area contributed by atoms with Crippen molar-refractivity contribution in [2.75, 3.05) is 12.4 Å². The van der Waals surface area contributed by atoms with Crippen molar-refractivity contribution in [3.8, 4) is 11.5 Å². The van der Waals surface area contributed by atoms with Crippen LogP contribution in [-0.2, 0) is 6.54 Å². The van der Waals surface area contributed by atoms with Gasteiger partial charge in [0.25, 0.3) is 0 Å². The van der Waals surface area contributed by atoms with E-state index in [2.05, 4.69) is 21.2 Å². The summed E-state index contributed by atoms with van der Waals surface area (Å²) in [7, 11) is 1.50. The third kappa shape index (κ3) is 3.38. The van der Waals surface area contributed by atoms with E-state index in [4.69, 9.17) is 4.74 Å². The molecule has 2 aromatic carbocycles. The lowest BCUT2D eigenvalue weighted by atomic mass is 10.2. The van der Waals surface area contributed by atoms with E-state index in [9.17, 15) is 9.50 Å². The Kier molecular flexibility index (Phi) is 4.27. The molecule has 0 aliphatic heterocycles. The Labute approximate surface area is 119 Å². The third-order valence-electron chi connectivity index (χ3n) is 2.66. The van der Waals surface area contributed by atoms with E-state index in [1.165, 1.54) is 13.2 Å². The van der Waals surface area contributed by atoms with Crippen LogP contribution in [0.5, 0.6) is 11.5 Å². The quantitative estimate of drug-likeness (QED) is 0.895. The largest absolute Gasteiger partial charge is 0.504 e. The number of halogens is 2. The van der Waals surface area contributed by atoms with E-state index in [0.717, 1.165) is 11.3 Å². The summed E-state index contributed by atoms with van der Waals surface area (Å²) in [5, 5.41) is 12.8. The lowest BCUT2D eigenvalue weighted by Gasteiger charge is -2.09. The first kappa shape index (κ1) is 13.7. The summed E-state index contributed by atoms with van der Waals surface area (Å²) in [6.45, 7) is 0.523. The summed E-state index contributed by atoms with van der Waals surface area (Å²) >= 11 is 3.13. The molecule has 0 amide bonds. The van der Waals surface area contributed by atoms with Gasteiger partial charge in [-0.15, -0.1) is 0 Å². The second kappa shape index (κ2) is 5.93. The summed E-state index contributed by atoms with van der Waals surface area (Å²) in [6.07, 6.45) is 0. The van der Waals surface area contributed by atoms with E-state index < -0.39 is 0 Å². The molecule has 0 unspecified atom stereocenters. The Bertz CT molecular complexity index is 590. The van der Waals surface area contributed by atoms with E-state index in [-0.39, 0.29) is 11.6 Å². The smallest absolute Gasteiger partial charge is 0.160 e. The molecule has 0 atom stereocenters. The predicted octanol–water partition coefficient (Wildman–Crippen LogP) is 3.91. The molecule has 0 heterocycles. The van der Waals surface area contributed by atoms with Crippen molar-refractivity contribution >= 4 is 21.6 Å². The van der Waals surface area contributed by atoms with Gasteiger partial charge < -0.3 is 15.2 Å². The molecule has 2 N–H and O–H groups in total. The van der Waals surface area contributed by atoms with Gasteiger partial charge in [-0.1, -0.05) is 6.07 Å². The van der Waals surface area contributed by atoms with Crippen molar-refractivity contribution in [3.63, 3.8) is 0 Å². The van der Waals surface area contributed by atoms with Crippen LogP contribution in [0.4, 0.5) is 10.1 Å². The average Bonchev–Trinajstić information content (AvgIpc) is 2.40. The van der Waals surface area contributed by atoms with Gasteiger partial charge >= 0.3 is 0 Å². The van der Waals surface area contributed by atoms with Crippen molar-refractivity contribution < 1.29 is 14.2 Å². The van der Waals surface area contributed by atoms with E-state index in [1.807, 2.05) is 6.07 Å². The van der Waals surface area contributed by atoms with Crippen LogP contribution in [0.3, 0.4) is 0 Å². The van der Waals surface area contributed by atoms with Crippen LogP contribution in [0.1, 0.15) is 5.56 Å². The average molecular weight is 326 g/mol. The number of phenolic OH excluding ortho intramolecular Hbond substituents is 1. The normalized spacial score (nSPS) is 10.3. The SMILES string of the molecule is COc1ccc(CNc2ccc(F)c(Br)c2)cc1O. The molecule has 0 fully saturated rings. The summed E-state index contributed by atoms with van der Waals surface area (Å²) in [5.41, 5.74) is 1.70. The fourth-order valence-electron chi connectivity index (χ4n) is 1.66. The fraction of sp³-hybridized carbons (Fsp3) is 0.143. The van der Waals surface area contributed by atoms with Crippen molar-refractivity contribution in [1.29, 1.82) is 0 Å². The minimum Gasteiger partial charge on any atom is -0.504 e. The number of ether oxygens (including phenoxy) is 1. The Hall–Kier alpha value is -1.75. The molecule has 2 aromatic rings. The minimum absolute atomic E-state index is 0.0992. The van der Waals surface area contributed by atoms with Crippen LogP contribution < -0.4 is 10.1 Å². The molecule has 5 heteroatoms. The maximum Gasteiger partial charge on any atom is 0.160 e. The maximum absolute atomic E-state index is 13.1. The zero-order chi connectivity index (χ0) is 13.8. The second-order valence-electron chi connectivity index (χ2n) is 3.99. The standard InChI is InChI=1S/C14H13BrFNO2/c1-19-14-5-2-9(6-13(14)18)8-17-10-3-4-12(16)11(15)7-10/h2-7,17-18H,8H2,1H3. The van der Waals surface area contributed by atoms with Crippen molar-refractivity contribution in [2.45, 2.75) is 6.54 Å². The number of phenols is 1. The number of hydrogen-bond acceptors (Lipinski definition) is 3. The van der Waals surface area contributed by atoms with E-state index in [1.54, 1.807) is 24.3 Å². The Morgan fingerprint density at radius 2 is 2.05 bits per heavy atom. The van der Waals surface area contributed by atoms with E-state index in [0.29, 0.717) is 16.8 Å². The van der Waals surface area contributed by atoms with Crippen LogP contribution in [0.25, 0.3) is 0 Å². The molecule has 0 bridgehead atoms. The zero-order valence-corrected chi connectivity index (χ0v) is 11.9. The van der Waals surface area contributed by atoms with Gasteiger partial charge in [0.05, 0.1) is 11.6 Å². The predicted molar refractivity (Wildman–Crippen MR) is 76.1 cm³/mol. The van der Waals surface area contributed by atoms with Gasteiger partial charge in [0, 0.05) is 12.2 Å². The van der Waals surface area contributed by atoms with Crippen molar-refractivity contribution in [2.24, 2.45) is 0 Å². The molecule has 0 saturated heterocycles. The highest BCUT2D eigenvalue weighted by atomic mass is 79.9. The van der Waals surface area contributed by atoms with Gasteiger partial charge in [-0.2, -0.15) is 0 Å². The number of methoxy groups -OCH3 is 1. The van der Waals surface area contributed by atoms with Crippen molar-refractivity contribution in [1.82, 2.24) is 0 Å². The summed E-state index contributed by atoms with van der Waals surface area (Å²) in [6, 6.07) is 9.89. The monoisotopic (exact) mass is 325 g/mol. The topological polar surface area (TPSA) is 41.5 Å². The molecule has 2 rings (SSSR count). The number of rotatable bonds is 4. The molecule has 0 aromatic heterocycles. The number of nitrogens with one attached hydrogen (secondary N) is 1. The van der Waals surface area contributed by atoms with Gasteiger partial charge in [0.2, 0.25) is 0 Å². The number of aromatic hydroxyl groups is 1. The Morgan fingerprint density at radius 1 is 1.26 bits per heavy atom. The Balaban J connectivity index is 2.05. The first-order chi connectivity index (χ1) is 9.10. The summed E-state index contributed by atoms with van der Waals surface area (Å²) in [5.74, 6) is 0.239. The minimum atomic E-state index is -0.298. The highest BCUT2D eigenvalue weighted by Crippen LogP contribution is 2.27. The molecule has 3 nitrogen and oxygen atoms in total. The lowest BCUT2D eigenvalue weighted by molar-refractivity contribution is 0.373. The maximum atomic E-state index is 13.1. The molecule has 19 heavy (non-hydrogen) atoms. The lowest BCUT2D eigenvalue weighted by Crippen LogP contribution is -1.99. The van der Waals surface area contributed by atoms with Gasteiger partial charge in [-0.3, -0.25) is 0 Å². The molecule has 0 radical (unpaired) electrons. The highest BCUT2D eigenvalue weighted by Gasteiger charge is 2.03. The summed E-state index contributed by atoms with van der Waals surface area (Å²) < 4.78 is 18.5. The third-order valence-corrected chi connectivity index (χ3v) is 3.27. The number of hydrogen-bond donors (Lipinski definition) is 2. The molecule has 100 valence electrons. The second-order valence-corrected chi connectivity index (χ2v) is 4.84. The van der Waals surface area contributed by atoms with Crippen LogP contribution in [0, 0.1) is 5.82 Å². The van der Waals surface area contributed by atoms with E-state index >= 15 is 0 Å². The number of anilines is 1. The molecule has 0 aliphatic rings. The molecule has 0 spiro atoms. The highest BCUT2D eigenvalue weighted by molar-refractivity contribution is 9.10. The fourth-order valence-corrected chi connectivity index (χ4v) is 2.03. The Morgan fingerprint density at radius 3 is 2.68 bits per heavy atom. The number of benzene rings is 2. The van der Waals surface area contributed by atoms with Crippen LogP contribution in [-0.4, -0.2) is 12.2 Å². The zero-order valence-electron chi connectivity index (χ0n) is 10.3. The first-order valence-electron chi connectivity index (χ1n) is 5.65. The van der Waals surface area contributed by atoms with Crippen LogP contribution in [0.15, 0.2) is 40.9 Å². The van der Waals surface area contributed by atoms with Gasteiger partial charge in [-0.25, -0.2) is 4.39 Å². The summed E-state index contributed by atoms with van der Waals surface area (Å²) in [4.78, 5) is 0.